The Morgan fingerprint density at radius 2 is 1.94 bits per heavy atom. The lowest BCUT2D eigenvalue weighted by Crippen LogP contribution is -2.40. The summed E-state index contributed by atoms with van der Waals surface area (Å²) in [6.45, 7) is 0.725. The summed E-state index contributed by atoms with van der Waals surface area (Å²) in [4.78, 5) is 0. The molecular formula is C15H22FNO. The van der Waals surface area contributed by atoms with Gasteiger partial charge >= 0.3 is 0 Å². The molecule has 1 aromatic rings. The maximum absolute atomic E-state index is 13.4. The smallest absolute Gasteiger partial charge is 0.126 e. The molecule has 0 aliphatic heterocycles. The quantitative estimate of drug-likeness (QED) is 0.806. The van der Waals surface area contributed by atoms with E-state index in [-0.39, 0.29) is 18.0 Å². The lowest BCUT2D eigenvalue weighted by Gasteiger charge is -2.21. The van der Waals surface area contributed by atoms with Gasteiger partial charge in [0.2, 0.25) is 0 Å². The molecule has 2 rings (SSSR count). The lowest BCUT2D eigenvalue weighted by atomic mass is 10.1. The second kappa shape index (κ2) is 6.86. The minimum Gasteiger partial charge on any atom is -0.392 e. The van der Waals surface area contributed by atoms with Crippen LogP contribution in [0.3, 0.4) is 0 Å². The molecule has 2 atom stereocenters. The van der Waals surface area contributed by atoms with Gasteiger partial charge in [-0.2, -0.15) is 0 Å². The van der Waals surface area contributed by atoms with E-state index < -0.39 is 0 Å². The molecule has 1 aliphatic carbocycles. The minimum atomic E-state index is -0.242. The average Bonchev–Trinajstić information content (AvgIpc) is 2.57. The maximum Gasteiger partial charge on any atom is 0.126 e. The molecule has 0 amide bonds. The van der Waals surface area contributed by atoms with E-state index in [0.29, 0.717) is 6.42 Å². The SMILES string of the molecule is OC1CCCCCC1NCCc1ccccc1F. The van der Waals surface area contributed by atoms with Crippen LogP contribution in [0.4, 0.5) is 4.39 Å². The van der Waals surface area contributed by atoms with Crippen molar-refractivity contribution in [1.82, 2.24) is 5.32 Å². The number of hydrogen-bond acceptors (Lipinski definition) is 2. The Morgan fingerprint density at radius 1 is 1.17 bits per heavy atom. The third kappa shape index (κ3) is 3.79. The summed E-state index contributed by atoms with van der Waals surface area (Å²) in [6, 6.07) is 7.07. The third-order valence-corrected chi connectivity index (χ3v) is 3.74. The Bertz CT molecular complexity index is 369. The van der Waals surface area contributed by atoms with Gasteiger partial charge in [0.1, 0.15) is 5.82 Å². The molecule has 0 radical (unpaired) electrons. The highest BCUT2D eigenvalue weighted by molar-refractivity contribution is 5.17. The third-order valence-electron chi connectivity index (χ3n) is 3.74. The van der Waals surface area contributed by atoms with E-state index in [0.717, 1.165) is 31.4 Å². The van der Waals surface area contributed by atoms with E-state index in [2.05, 4.69) is 5.32 Å². The molecule has 1 fully saturated rings. The Labute approximate surface area is 108 Å². The van der Waals surface area contributed by atoms with Crippen LogP contribution in [0.1, 0.15) is 37.7 Å². The van der Waals surface area contributed by atoms with Gasteiger partial charge in [0, 0.05) is 6.04 Å². The van der Waals surface area contributed by atoms with Crippen molar-refractivity contribution in [1.29, 1.82) is 0 Å². The monoisotopic (exact) mass is 251 g/mol. The molecule has 0 saturated heterocycles. The van der Waals surface area contributed by atoms with Crippen molar-refractivity contribution in [2.75, 3.05) is 6.54 Å². The Kier molecular flexibility index (Phi) is 5.14. The molecule has 0 aromatic heterocycles. The van der Waals surface area contributed by atoms with E-state index in [9.17, 15) is 9.50 Å². The van der Waals surface area contributed by atoms with Gasteiger partial charge in [-0.3, -0.25) is 0 Å². The van der Waals surface area contributed by atoms with Gasteiger partial charge < -0.3 is 10.4 Å². The highest BCUT2D eigenvalue weighted by Gasteiger charge is 2.20. The molecule has 1 saturated carbocycles. The molecule has 18 heavy (non-hydrogen) atoms. The molecule has 100 valence electrons. The van der Waals surface area contributed by atoms with Crippen LogP contribution in [0.15, 0.2) is 24.3 Å². The largest absolute Gasteiger partial charge is 0.392 e. The molecule has 1 aromatic carbocycles. The number of aliphatic hydroxyl groups excluding tert-OH is 1. The van der Waals surface area contributed by atoms with Crippen molar-refractivity contribution in [3.8, 4) is 0 Å². The van der Waals surface area contributed by atoms with Gasteiger partial charge in [-0.25, -0.2) is 4.39 Å². The normalized spacial score (nSPS) is 24.8. The number of halogens is 1. The van der Waals surface area contributed by atoms with Crippen LogP contribution < -0.4 is 5.32 Å². The first-order valence-electron chi connectivity index (χ1n) is 6.92. The highest BCUT2D eigenvalue weighted by atomic mass is 19.1. The van der Waals surface area contributed by atoms with Crippen LogP contribution >= 0.6 is 0 Å². The number of rotatable bonds is 4. The van der Waals surface area contributed by atoms with Crippen molar-refractivity contribution in [3.63, 3.8) is 0 Å². The Balaban J connectivity index is 1.79. The second-order valence-electron chi connectivity index (χ2n) is 5.11. The van der Waals surface area contributed by atoms with Gasteiger partial charge in [0.25, 0.3) is 0 Å². The van der Waals surface area contributed by atoms with Crippen molar-refractivity contribution in [2.45, 2.75) is 50.7 Å². The number of nitrogens with one attached hydrogen (secondary N) is 1. The first kappa shape index (κ1) is 13.5. The number of aliphatic hydroxyl groups is 1. The summed E-state index contributed by atoms with van der Waals surface area (Å²) in [6.07, 6.45) is 5.85. The van der Waals surface area contributed by atoms with Crippen LogP contribution in [-0.4, -0.2) is 23.8 Å². The van der Waals surface area contributed by atoms with Gasteiger partial charge in [0.15, 0.2) is 0 Å². The summed E-state index contributed by atoms with van der Waals surface area (Å²) in [5.41, 5.74) is 0.744. The fraction of sp³-hybridized carbons (Fsp3) is 0.600. The number of benzene rings is 1. The van der Waals surface area contributed by atoms with Crippen LogP contribution in [0.2, 0.25) is 0 Å². The van der Waals surface area contributed by atoms with E-state index in [1.54, 1.807) is 6.07 Å². The summed E-state index contributed by atoms with van der Waals surface area (Å²) in [5, 5.41) is 13.3. The predicted molar refractivity (Wildman–Crippen MR) is 71.0 cm³/mol. The van der Waals surface area contributed by atoms with Crippen LogP contribution in [-0.2, 0) is 6.42 Å². The summed E-state index contributed by atoms with van der Waals surface area (Å²) in [7, 11) is 0. The zero-order chi connectivity index (χ0) is 12.8. The molecule has 3 heteroatoms. The van der Waals surface area contributed by atoms with Crippen LogP contribution in [0.5, 0.6) is 0 Å². The second-order valence-corrected chi connectivity index (χ2v) is 5.11. The first-order chi connectivity index (χ1) is 8.77. The van der Waals surface area contributed by atoms with Crippen molar-refractivity contribution >= 4 is 0 Å². The summed E-state index contributed by atoms with van der Waals surface area (Å²) in [5.74, 6) is -0.138. The molecule has 2 N–H and O–H groups in total. The van der Waals surface area contributed by atoms with Crippen molar-refractivity contribution in [3.05, 3.63) is 35.6 Å². The zero-order valence-electron chi connectivity index (χ0n) is 10.7. The van der Waals surface area contributed by atoms with Crippen molar-refractivity contribution < 1.29 is 9.50 Å². The van der Waals surface area contributed by atoms with Crippen LogP contribution in [0, 0.1) is 5.82 Å². The fourth-order valence-corrected chi connectivity index (χ4v) is 2.62. The molecule has 1 aliphatic rings. The molecule has 2 unspecified atom stereocenters. The summed E-state index contributed by atoms with van der Waals surface area (Å²) < 4.78 is 13.4. The topological polar surface area (TPSA) is 32.3 Å². The van der Waals surface area contributed by atoms with Crippen LogP contribution in [0.25, 0.3) is 0 Å². The van der Waals surface area contributed by atoms with Gasteiger partial charge in [-0.15, -0.1) is 0 Å². The van der Waals surface area contributed by atoms with Gasteiger partial charge in [-0.05, 0) is 37.4 Å². The van der Waals surface area contributed by atoms with E-state index >= 15 is 0 Å². The fourth-order valence-electron chi connectivity index (χ4n) is 2.62. The van der Waals surface area contributed by atoms with Crippen molar-refractivity contribution in [2.24, 2.45) is 0 Å². The molecule has 2 nitrogen and oxygen atoms in total. The van der Waals surface area contributed by atoms with E-state index in [1.165, 1.54) is 18.9 Å². The zero-order valence-corrected chi connectivity index (χ0v) is 10.7. The molecule has 0 spiro atoms. The van der Waals surface area contributed by atoms with E-state index in [4.69, 9.17) is 0 Å². The minimum absolute atomic E-state index is 0.138. The lowest BCUT2D eigenvalue weighted by molar-refractivity contribution is 0.120. The van der Waals surface area contributed by atoms with E-state index in [1.807, 2.05) is 12.1 Å². The first-order valence-corrected chi connectivity index (χ1v) is 6.92. The van der Waals surface area contributed by atoms with Gasteiger partial charge in [-0.1, -0.05) is 37.5 Å². The average molecular weight is 251 g/mol. The molecular weight excluding hydrogens is 229 g/mol. The Morgan fingerprint density at radius 3 is 2.78 bits per heavy atom. The summed E-state index contributed by atoms with van der Waals surface area (Å²) >= 11 is 0. The van der Waals surface area contributed by atoms with Gasteiger partial charge in [0.05, 0.1) is 6.10 Å². The molecule has 0 heterocycles. The maximum atomic E-state index is 13.4. The highest BCUT2D eigenvalue weighted by Crippen LogP contribution is 2.18. The Hall–Kier alpha value is -0.930. The predicted octanol–water partition coefficient (Wildman–Crippen LogP) is 2.65. The number of hydrogen-bond donors (Lipinski definition) is 2. The molecule has 0 bridgehead atoms. The standard InChI is InChI=1S/C15H22FNO/c16-13-7-5-4-6-12(13)10-11-17-14-8-2-1-3-9-15(14)18/h4-7,14-15,17-18H,1-3,8-11H2.